The van der Waals surface area contributed by atoms with Crippen molar-refractivity contribution in [2.45, 2.75) is 83.5 Å². The van der Waals surface area contributed by atoms with Gasteiger partial charge in [-0.2, -0.15) is 4.48 Å². The quantitative estimate of drug-likeness (QED) is 0.549. The van der Waals surface area contributed by atoms with E-state index in [-0.39, 0.29) is 41.6 Å². The number of likely N-dealkylation sites (tertiary alicyclic amines) is 1. The predicted molar refractivity (Wildman–Crippen MR) is 120 cm³/mol. The van der Waals surface area contributed by atoms with Crippen molar-refractivity contribution in [2.24, 2.45) is 0 Å². The molecule has 0 bridgehead atoms. The maximum Gasteiger partial charge on any atom is 0.424 e. The normalized spacial score (nSPS) is 24.9. The molecule has 4 N–H and O–H groups in total. The smallest absolute Gasteiger partial charge is 0.424 e. The van der Waals surface area contributed by atoms with E-state index in [1.807, 2.05) is 11.8 Å². The predicted octanol–water partition coefficient (Wildman–Crippen LogP) is 2.51. The van der Waals surface area contributed by atoms with E-state index in [0.29, 0.717) is 12.4 Å². The van der Waals surface area contributed by atoms with Crippen LogP contribution < -0.4 is 11.1 Å². The zero-order chi connectivity index (χ0) is 23.3. The molecule has 9 heteroatoms. The Balaban J connectivity index is 1.81. The lowest BCUT2D eigenvalue weighted by molar-refractivity contribution is -0.786. The molecule has 2 heterocycles. The number of nitrogens with one attached hydrogen (secondary N) is 1. The molecule has 0 aromatic carbocycles. The molecule has 1 aromatic heterocycles. The van der Waals surface area contributed by atoms with Crippen LogP contribution in [0.15, 0.2) is 18.3 Å². The second-order valence-corrected chi connectivity index (χ2v) is 9.20. The molecule has 3 atom stereocenters. The summed E-state index contributed by atoms with van der Waals surface area (Å²) in [6, 6.07) is 2.37. The molecule has 3 amide bonds. The Morgan fingerprint density at radius 2 is 1.97 bits per heavy atom. The zero-order valence-corrected chi connectivity index (χ0v) is 19.1. The first kappa shape index (κ1) is 24.1. The highest BCUT2D eigenvalue weighted by Crippen LogP contribution is 2.32. The molecule has 32 heavy (non-hydrogen) atoms. The third-order valence-electron chi connectivity index (χ3n) is 7.15. The second-order valence-electron chi connectivity index (χ2n) is 9.20. The maximum absolute atomic E-state index is 13.9. The molecular weight excluding hydrogens is 410 g/mol. The molecule has 1 saturated carbocycles. The van der Waals surface area contributed by atoms with Gasteiger partial charge in [0.05, 0.1) is 13.1 Å². The Hall–Kier alpha value is -2.52. The van der Waals surface area contributed by atoms with E-state index < -0.39 is 12.0 Å². The van der Waals surface area contributed by atoms with Crippen LogP contribution in [0.3, 0.4) is 0 Å². The van der Waals surface area contributed by atoms with Crippen LogP contribution in [0.25, 0.3) is 0 Å². The summed E-state index contributed by atoms with van der Waals surface area (Å²) in [7, 11) is 0. The highest BCUT2D eigenvalue weighted by molar-refractivity contribution is 5.87. The average molecular weight is 447 g/mol. The fraction of sp³-hybridized carbons (Fsp3) is 0.652. The summed E-state index contributed by atoms with van der Waals surface area (Å²) in [4.78, 5) is 44.7. The van der Waals surface area contributed by atoms with E-state index in [1.165, 1.54) is 0 Å². The van der Waals surface area contributed by atoms with E-state index in [1.54, 1.807) is 25.3 Å². The van der Waals surface area contributed by atoms with E-state index in [9.17, 15) is 19.5 Å². The minimum Gasteiger partial charge on any atom is -0.480 e. The number of nitrogens with zero attached hydrogens (tertiary/aromatic N) is 3. The van der Waals surface area contributed by atoms with Crippen molar-refractivity contribution in [2.75, 3.05) is 18.8 Å². The molecule has 3 rings (SSSR count). The Morgan fingerprint density at radius 3 is 2.56 bits per heavy atom. The van der Waals surface area contributed by atoms with Gasteiger partial charge in [0, 0.05) is 31.6 Å². The van der Waals surface area contributed by atoms with Crippen LogP contribution in [-0.4, -0.2) is 68.6 Å². The van der Waals surface area contributed by atoms with Crippen molar-refractivity contribution in [3.8, 4) is 0 Å². The maximum atomic E-state index is 13.9. The summed E-state index contributed by atoms with van der Waals surface area (Å²) in [5.41, 5.74) is 6.54. The lowest BCUT2D eigenvalue weighted by Gasteiger charge is -2.41. The highest BCUT2D eigenvalue weighted by atomic mass is 16.4. The molecule has 9 nitrogen and oxygen atoms in total. The fourth-order valence-corrected chi connectivity index (χ4v) is 5.36. The first-order chi connectivity index (χ1) is 15.3. The van der Waals surface area contributed by atoms with Crippen molar-refractivity contribution >= 4 is 23.7 Å². The van der Waals surface area contributed by atoms with Crippen molar-refractivity contribution in [3.05, 3.63) is 23.9 Å². The topological polar surface area (TPSA) is 126 Å². The number of aromatic nitrogens is 1. The highest BCUT2D eigenvalue weighted by Gasteiger charge is 2.55. The van der Waals surface area contributed by atoms with Gasteiger partial charge in [-0.1, -0.05) is 19.3 Å². The number of nitrogen functional groups attached to an aromatic ring is 1. The van der Waals surface area contributed by atoms with Crippen LogP contribution in [0.1, 0.15) is 64.4 Å². The Labute approximate surface area is 189 Å². The van der Waals surface area contributed by atoms with Crippen molar-refractivity contribution in [1.82, 2.24) is 15.2 Å². The molecular formula is C23H36N5O4+. The van der Waals surface area contributed by atoms with Crippen LogP contribution in [-0.2, 0) is 16.1 Å². The summed E-state index contributed by atoms with van der Waals surface area (Å²) in [5, 5.41) is 12.4. The number of hydrogen-bond acceptors (Lipinski definition) is 6. The lowest BCUT2D eigenvalue weighted by atomic mass is 9.93. The van der Waals surface area contributed by atoms with Gasteiger partial charge in [0.25, 0.3) is 0 Å². The van der Waals surface area contributed by atoms with Gasteiger partial charge in [0.1, 0.15) is 17.9 Å². The molecule has 2 aliphatic rings. The number of amides is 3. The number of imide groups is 1. The number of urea groups is 1. The van der Waals surface area contributed by atoms with Gasteiger partial charge >= 0.3 is 17.9 Å². The minimum atomic E-state index is -0.948. The number of nitrogens with two attached hydrogens (primary N) is 1. The number of anilines is 1. The molecule has 1 aliphatic carbocycles. The third kappa shape index (κ3) is 5.10. The first-order valence-corrected chi connectivity index (χ1v) is 11.6. The van der Waals surface area contributed by atoms with Gasteiger partial charge in [0.2, 0.25) is 0 Å². The van der Waals surface area contributed by atoms with Crippen molar-refractivity contribution in [3.63, 3.8) is 0 Å². The second kappa shape index (κ2) is 10.4. The number of quaternary nitrogens is 1. The zero-order valence-electron chi connectivity index (χ0n) is 19.1. The largest absolute Gasteiger partial charge is 0.480 e. The standard InChI is InChI=1S/C23H35N5O4/c1-16-7-6-12-28(16,23(32)26-14-18-10-11-25-20(24)13-18)22(31)17(2)27(15-21(29)30)19-8-4-3-5-9-19/h10-11,13,16-17,19H,3-9,12,14-15H2,1-2H3,(H3-,24,25,26,29,30,32)/p+1/t16-,17+,28?/m1/s1. The number of rotatable bonds is 7. The lowest BCUT2D eigenvalue weighted by Crippen LogP contribution is -2.67. The number of aliphatic carboxylic acids is 1. The summed E-state index contributed by atoms with van der Waals surface area (Å²) < 4.78 is -0.287. The number of pyridine rings is 1. The van der Waals surface area contributed by atoms with Crippen LogP contribution in [0, 0.1) is 0 Å². The third-order valence-corrected chi connectivity index (χ3v) is 7.15. The van der Waals surface area contributed by atoms with E-state index in [4.69, 9.17) is 5.73 Å². The van der Waals surface area contributed by atoms with E-state index in [2.05, 4.69) is 10.3 Å². The molecule has 1 aliphatic heterocycles. The monoisotopic (exact) mass is 446 g/mol. The molecule has 2 fully saturated rings. The number of hydrogen-bond donors (Lipinski definition) is 3. The molecule has 0 spiro atoms. The Morgan fingerprint density at radius 1 is 1.25 bits per heavy atom. The van der Waals surface area contributed by atoms with E-state index in [0.717, 1.165) is 50.5 Å². The molecule has 1 saturated heterocycles. The van der Waals surface area contributed by atoms with Crippen molar-refractivity contribution in [1.29, 1.82) is 0 Å². The average Bonchev–Trinajstić information content (AvgIpc) is 3.17. The van der Waals surface area contributed by atoms with Gasteiger partial charge < -0.3 is 16.2 Å². The summed E-state index contributed by atoms with van der Waals surface area (Å²) in [5.74, 6) is -0.791. The van der Waals surface area contributed by atoms with Crippen LogP contribution in [0.4, 0.5) is 10.6 Å². The van der Waals surface area contributed by atoms with Crippen LogP contribution >= 0.6 is 0 Å². The van der Waals surface area contributed by atoms with E-state index >= 15 is 0 Å². The number of carbonyl (C=O) groups excluding carboxylic acids is 2. The Bertz CT molecular complexity index is 841. The summed E-state index contributed by atoms with van der Waals surface area (Å²) in [6.45, 7) is 4.19. The van der Waals surface area contributed by atoms with Gasteiger partial charge in [-0.25, -0.2) is 14.6 Å². The molecule has 1 unspecified atom stereocenters. The van der Waals surface area contributed by atoms with Gasteiger partial charge in [-0.15, -0.1) is 0 Å². The summed E-state index contributed by atoms with van der Waals surface area (Å²) >= 11 is 0. The van der Waals surface area contributed by atoms with Gasteiger partial charge in [0.15, 0.2) is 0 Å². The number of carboxylic acids is 1. The van der Waals surface area contributed by atoms with Crippen LogP contribution in [0.2, 0.25) is 0 Å². The van der Waals surface area contributed by atoms with Gasteiger partial charge in [-0.05, 0) is 44.4 Å². The number of carbonyl (C=O) groups is 3. The molecule has 176 valence electrons. The molecule has 0 radical (unpaired) electrons. The Kier molecular flexibility index (Phi) is 7.84. The molecule has 1 aromatic rings. The van der Waals surface area contributed by atoms with Gasteiger partial charge in [-0.3, -0.25) is 9.69 Å². The first-order valence-electron chi connectivity index (χ1n) is 11.6. The number of carboxylic acid groups (broad SMARTS) is 1. The fourth-order valence-electron chi connectivity index (χ4n) is 5.36. The van der Waals surface area contributed by atoms with Crippen molar-refractivity contribution < 1.29 is 24.0 Å². The van der Waals surface area contributed by atoms with Crippen LogP contribution in [0.5, 0.6) is 0 Å². The SMILES string of the molecule is C[C@@H]1CCC[N+]1(C(=O)NCc1ccnc(N)c1)C(=O)[C@H](C)N(CC(=O)O)C1CCCCC1. The summed E-state index contributed by atoms with van der Waals surface area (Å²) in [6.07, 6.45) is 8.11. The minimum absolute atomic E-state index is 0.0552.